The molecule has 4 nitrogen and oxygen atoms in total. The summed E-state index contributed by atoms with van der Waals surface area (Å²) in [5.41, 5.74) is 0. The molecule has 0 aliphatic carbocycles. The predicted octanol–water partition coefficient (Wildman–Crippen LogP) is -0.671. The zero-order chi connectivity index (χ0) is 7.54. The van der Waals surface area contributed by atoms with Gasteiger partial charge in [0, 0.05) is 0 Å². The molecule has 9 heavy (non-hydrogen) atoms. The predicted molar refractivity (Wildman–Crippen MR) is 26.9 cm³/mol. The summed E-state index contributed by atoms with van der Waals surface area (Å²) in [5.74, 6) is 0. The van der Waals surface area contributed by atoms with Gasteiger partial charge >= 0.3 is 21.2 Å². The van der Waals surface area contributed by atoms with Crippen molar-refractivity contribution in [1.29, 1.82) is 0 Å². The third kappa shape index (κ3) is 18.9. The first kappa shape index (κ1) is 11.1. The Kier molecular flexibility index (Phi) is 19.3. The van der Waals surface area contributed by atoms with E-state index in [2.05, 4.69) is 31.0 Å². The number of hydrogen-bond acceptors (Lipinski definition) is 4. The molecular formula is C4H4CrNO3-. The number of hydrogen-bond donors (Lipinski definition) is 0. The summed E-state index contributed by atoms with van der Waals surface area (Å²) in [6, 6.07) is 0. The molecule has 0 saturated heterocycles. The zero-order valence-corrected chi connectivity index (χ0v) is 5.77. The third-order valence-corrected chi connectivity index (χ3v) is 0.253. The van der Waals surface area contributed by atoms with E-state index in [1.54, 1.807) is 0 Å². The molecule has 0 spiro atoms. The Labute approximate surface area is 60.5 Å². The fraction of sp³-hybridized carbons (Fsp3) is 0.250. The van der Waals surface area contributed by atoms with Gasteiger partial charge in [-0.1, -0.05) is 6.47 Å². The molecule has 0 aromatic carbocycles. The van der Waals surface area contributed by atoms with Crippen LogP contribution >= 0.6 is 0 Å². The summed E-state index contributed by atoms with van der Waals surface area (Å²) >= 11 is 2.38. The summed E-state index contributed by atoms with van der Waals surface area (Å²) in [4.78, 5) is 21.2. The second-order valence-electron chi connectivity index (χ2n) is 0.606. The molecule has 0 aliphatic rings. The van der Waals surface area contributed by atoms with Gasteiger partial charge < -0.3 is 9.53 Å². The molecule has 0 aliphatic heterocycles. The first-order valence-corrected chi connectivity index (χ1v) is 2.63. The summed E-state index contributed by atoms with van der Waals surface area (Å²) < 4.78 is 3.84. The average molecular weight is 166 g/mol. The molecule has 0 heterocycles. The van der Waals surface area contributed by atoms with Crippen molar-refractivity contribution in [3.63, 3.8) is 0 Å². The SMILES string of the molecule is O=C=NCO[C-]=O.[CH2]=[Cr]. The van der Waals surface area contributed by atoms with E-state index in [-0.39, 0.29) is 6.73 Å². The topological polar surface area (TPSA) is 55.7 Å². The Balaban J connectivity index is 0. The number of ether oxygens (including phenoxy) is 1. The number of isocyanates is 1. The second-order valence-corrected chi connectivity index (χ2v) is 0.606. The number of nitrogens with zero attached hydrogens (tertiary/aromatic N) is 1. The maximum atomic E-state index is 9.18. The van der Waals surface area contributed by atoms with E-state index in [4.69, 9.17) is 4.79 Å². The summed E-state index contributed by atoms with van der Waals surface area (Å²) in [6.45, 7) is 0.795. The van der Waals surface area contributed by atoms with Crippen LogP contribution in [0.2, 0.25) is 0 Å². The summed E-state index contributed by atoms with van der Waals surface area (Å²) in [5, 5.41) is 3.12. The zero-order valence-electron chi connectivity index (χ0n) is 4.49. The van der Waals surface area contributed by atoms with Crippen LogP contribution in [-0.4, -0.2) is 24.7 Å². The molecule has 0 atom stereocenters. The Morgan fingerprint density at radius 2 is 2.33 bits per heavy atom. The van der Waals surface area contributed by atoms with Gasteiger partial charge in [0.05, 0.1) is 0 Å². The van der Waals surface area contributed by atoms with Gasteiger partial charge in [-0.25, -0.2) is 4.79 Å². The van der Waals surface area contributed by atoms with Crippen molar-refractivity contribution in [2.45, 2.75) is 0 Å². The molecule has 0 rings (SSSR count). The van der Waals surface area contributed by atoms with Crippen LogP contribution in [0.25, 0.3) is 0 Å². The fourth-order valence-electron chi connectivity index (χ4n) is 0.0850. The van der Waals surface area contributed by atoms with Crippen LogP contribution in [0, 0.1) is 0 Å². The van der Waals surface area contributed by atoms with E-state index >= 15 is 0 Å². The van der Waals surface area contributed by atoms with Crippen molar-refractivity contribution in [2.75, 3.05) is 6.73 Å². The quantitative estimate of drug-likeness (QED) is 0.242. The second kappa shape index (κ2) is 15.7. The van der Waals surface area contributed by atoms with E-state index in [1.165, 1.54) is 6.08 Å². The van der Waals surface area contributed by atoms with Crippen molar-refractivity contribution in [1.82, 2.24) is 0 Å². The van der Waals surface area contributed by atoms with Crippen molar-refractivity contribution in [3.05, 3.63) is 0 Å². The normalized spacial score (nSPS) is 5.33. The van der Waals surface area contributed by atoms with Crippen LogP contribution in [0.15, 0.2) is 4.99 Å². The monoisotopic (exact) mass is 166 g/mol. The maximum absolute atomic E-state index is 9.18. The van der Waals surface area contributed by atoms with Gasteiger partial charge in [-0.05, 0) is 0 Å². The van der Waals surface area contributed by atoms with Gasteiger partial charge in [-0.2, -0.15) is 4.99 Å². The standard InChI is InChI=1S/C3H2NO3.CH2.Cr/c5-1-4-2-7-3-6;;/h2H2;1H2;/q-1;;. The Bertz CT molecular complexity index is 110. The van der Waals surface area contributed by atoms with Gasteiger partial charge in [-0.3, -0.25) is 0 Å². The van der Waals surface area contributed by atoms with Crippen molar-refractivity contribution >= 4 is 17.9 Å². The molecule has 0 bridgehead atoms. The van der Waals surface area contributed by atoms with Gasteiger partial charge in [0.25, 0.3) is 0 Å². The Hall–Kier alpha value is -0.748. The van der Waals surface area contributed by atoms with E-state index in [0.29, 0.717) is 0 Å². The Morgan fingerprint density at radius 1 is 1.78 bits per heavy atom. The first-order chi connectivity index (χ1) is 4.41. The van der Waals surface area contributed by atoms with Crippen LogP contribution in [-0.2, 0) is 30.2 Å². The number of carbonyl (C=O) groups excluding carboxylic acids is 2. The van der Waals surface area contributed by atoms with Gasteiger partial charge in [-0.15, -0.1) is 0 Å². The van der Waals surface area contributed by atoms with E-state index in [9.17, 15) is 4.79 Å². The Morgan fingerprint density at radius 3 is 2.67 bits per heavy atom. The molecule has 5 heteroatoms. The molecule has 0 N–H and O–H groups in total. The van der Waals surface area contributed by atoms with Gasteiger partial charge in [0.15, 0.2) is 6.73 Å². The molecule has 0 fully saturated rings. The molecule has 0 aromatic heterocycles. The molecule has 0 unspecified atom stereocenters. The van der Waals surface area contributed by atoms with E-state index < -0.39 is 0 Å². The minimum atomic E-state index is -0.285. The number of rotatable bonds is 3. The molecule has 0 aromatic rings. The molecule has 0 radical (unpaired) electrons. The van der Waals surface area contributed by atoms with Gasteiger partial charge in [0.2, 0.25) is 6.08 Å². The fourth-order valence-corrected chi connectivity index (χ4v) is 0.0850. The van der Waals surface area contributed by atoms with Crippen molar-refractivity contribution in [2.24, 2.45) is 4.99 Å². The van der Waals surface area contributed by atoms with Crippen molar-refractivity contribution in [3.8, 4) is 0 Å². The van der Waals surface area contributed by atoms with Crippen LogP contribution in [0.1, 0.15) is 0 Å². The average Bonchev–Trinajstić information content (AvgIpc) is 1.94. The molecule has 0 amide bonds. The van der Waals surface area contributed by atoms with Crippen LogP contribution in [0.3, 0.4) is 0 Å². The third-order valence-electron chi connectivity index (χ3n) is 0.253. The molecular weight excluding hydrogens is 162 g/mol. The minimum absolute atomic E-state index is 0.285. The van der Waals surface area contributed by atoms with E-state index in [1.807, 2.05) is 0 Å². The van der Waals surface area contributed by atoms with Crippen molar-refractivity contribution < 1.29 is 30.2 Å². The summed E-state index contributed by atoms with van der Waals surface area (Å²) in [6.07, 6.45) is 1.17. The van der Waals surface area contributed by atoms with E-state index in [0.717, 1.165) is 6.47 Å². The van der Waals surface area contributed by atoms with Gasteiger partial charge in [0.1, 0.15) is 0 Å². The summed E-state index contributed by atoms with van der Waals surface area (Å²) in [7, 11) is 0. The number of aliphatic imine (C=N–C) groups is 1. The molecule has 50 valence electrons. The van der Waals surface area contributed by atoms with Crippen LogP contribution in [0.5, 0.6) is 0 Å². The first-order valence-electron chi connectivity index (χ1n) is 1.73. The van der Waals surface area contributed by atoms with Crippen LogP contribution < -0.4 is 0 Å². The molecule has 0 saturated carbocycles. The van der Waals surface area contributed by atoms with Crippen LogP contribution in [0.4, 0.5) is 0 Å².